The van der Waals surface area contributed by atoms with Crippen LogP contribution in [0.1, 0.15) is 12.5 Å². The van der Waals surface area contributed by atoms with Gasteiger partial charge < -0.3 is 4.90 Å². The molecule has 82 valence electrons. The molecule has 0 heterocycles. The topological polar surface area (TPSA) is 46.4 Å². The molecule has 0 atom stereocenters. The van der Waals surface area contributed by atoms with Crippen molar-refractivity contribution in [3.63, 3.8) is 0 Å². The zero-order valence-corrected chi connectivity index (χ0v) is 10.3. The van der Waals surface area contributed by atoms with Gasteiger partial charge in [0.15, 0.2) is 0 Å². The third-order valence-electron chi connectivity index (χ3n) is 2.20. The summed E-state index contributed by atoms with van der Waals surface area (Å²) in [5, 5.41) is 10.7. The van der Waals surface area contributed by atoms with Gasteiger partial charge in [0.1, 0.15) is 0 Å². The highest BCUT2D eigenvalue weighted by Crippen LogP contribution is 2.25. The quantitative estimate of drug-likeness (QED) is 0.626. The van der Waals surface area contributed by atoms with E-state index in [1.165, 1.54) is 0 Å². The molecule has 0 radical (unpaired) electrons. The monoisotopic (exact) mass is 272 g/mol. The van der Waals surface area contributed by atoms with Crippen molar-refractivity contribution in [1.29, 1.82) is 0 Å². The molecule has 0 aromatic heterocycles. The van der Waals surface area contributed by atoms with Crippen LogP contribution in [-0.2, 0) is 6.54 Å². The molecule has 0 fully saturated rings. The molecule has 1 aromatic rings. The number of hydrogen-bond donors (Lipinski definition) is 0. The third kappa shape index (κ3) is 3.28. The minimum atomic E-state index is -0.375. The number of benzene rings is 1. The van der Waals surface area contributed by atoms with Crippen molar-refractivity contribution in [2.75, 3.05) is 13.6 Å². The SMILES string of the molecule is CCN(C)Cc1ccc(Br)c([N+](=O)[O-])c1. The van der Waals surface area contributed by atoms with Gasteiger partial charge in [-0.05, 0) is 41.2 Å². The second-order valence-corrected chi connectivity index (χ2v) is 4.23. The normalized spacial score (nSPS) is 10.7. The van der Waals surface area contributed by atoms with Crippen LogP contribution in [0.4, 0.5) is 5.69 Å². The minimum Gasteiger partial charge on any atom is -0.302 e. The number of rotatable bonds is 4. The first kappa shape index (κ1) is 12.1. The Morgan fingerprint density at radius 2 is 2.20 bits per heavy atom. The molecule has 1 aromatic carbocycles. The molecule has 4 nitrogen and oxygen atoms in total. The van der Waals surface area contributed by atoms with Gasteiger partial charge >= 0.3 is 0 Å². The molecule has 0 unspecified atom stereocenters. The molecule has 0 N–H and O–H groups in total. The Labute approximate surface area is 97.2 Å². The Hall–Kier alpha value is -0.940. The average Bonchev–Trinajstić information content (AvgIpc) is 2.20. The van der Waals surface area contributed by atoms with Crippen molar-refractivity contribution in [3.8, 4) is 0 Å². The smallest absolute Gasteiger partial charge is 0.283 e. The van der Waals surface area contributed by atoms with Crippen LogP contribution in [0.2, 0.25) is 0 Å². The fourth-order valence-electron chi connectivity index (χ4n) is 1.22. The standard InChI is InChI=1S/C10H13BrN2O2/c1-3-12(2)7-8-4-5-9(11)10(6-8)13(14)15/h4-6H,3,7H2,1-2H3. The lowest BCUT2D eigenvalue weighted by Gasteiger charge is -2.13. The molecular weight excluding hydrogens is 260 g/mol. The fraction of sp³-hybridized carbons (Fsp3) is 0.400. The van der Waals surface area contributed by atoms with E-state index in [-0.39, 0.29) is 10.6 Å². The van der Waals surface area contributed by atoms with Crippen LogP contribution in [0, 0.1) is 10.1 Å². The van der Waals surface area contributed by atoms with E-state index in [1.807, 2.05) is 20.0 Å². The molecule has 0 aliphatic rings. The molecule has 5 heteroatoms. The molecular formula is C10H13BrN2O2. The molecule has 0 saturated heterocycles. The summed E-state index contributed by atoms with van der Waals surface area (Å²) in [5.74, 6) is 0. The summed E-state index contributed by atoms with van der Waals surface area (Å²) in [4.78, 5) is 12.4. The summed E-state index contributed by atoms with van der Waals surface area (Å²) >= 11 is 3.16. The molecule has 0 spiro atoms. The van der Waals surface area contributed by atoms with Crippen LogP contribution in [0.25, 0.3) is 0 Å². The average molecular weight is 273 g/mol. The molecule has 0 aliphatic heterocycles. The van der Waals surface area contributed by atoms with Gasteiger partial charge in [-0.3, -0.25) is 10.1 Å². The maximum atomic E-state index is 10.7. The predicted molar refractivity (Wildman–Crippen MR) is 62.8 cm³/mol. The van der Waals surface area contributed by atoms with Gasteiger partial charge in [-0.15, -0.1) is 0 Å². The Morgan fingerprint density at radius 1 is 1.53 bits per heavy atom. The van der Waals surface area contributed by atoms with Gasteiger partial charge in [-0.25, -0.2) is 0 Å². The predicted octanol–water partition coefficient (Wildman–Crippen LogP) is 2.81. The first-order valence-corrected chi connectivity index (χ1v) is 5.45. The molecule has 1 rings (SSSR count). The van der Waals surface area contributed by atoms with E-state index in [1.54, 1.807) is 12.1 Å². The number of nitro groups is 1. The van der Waals surface area contributed by atoms with Crippen LogP contribution >= 0.6 is 15.9 Å². The summed E-state index contributed by atoms with van der Waals surface area (Å²) in [7, 11) is 1.98. The van der Waals surface area contributed by atoms with Gasteiger partial charge in [0.25, 0.3) is 5.69 Å². The van der Waals surface area contributed by atoms with Crippen molar-refractivity contribution in [1.82, 2.24) is 4.90 Å². The lowest BCUT2D eigenvalue weighted by molar-refractivity contribution is -0.385. The van der Waals surface area contributed by atoms with Crippen molar-refractivity contribution in [2.45, 2.75) is 13.5 Å². The number of nitrogens with zero attached hydrogens (tertiary/aromatic N) is 2. The number of halogens is 1. The van der Waals surface area contributed by atoms with Gasteiger partial charge in [0, 0.05) is 12.6 Å². The lowest BCUT2D eigenvalue weighted by atomic mass is 10.2. The van der Waals surface area contributed by atoms with E-state index in [9.17, 15) is 10.1 Å². The van der Waals surface area contributed by atoms with Crippen molar-refractivity contribution in [3.05, 3.63) is 38.3 Å². The maximum absolute atomic E-state index is 10.7. The second-order valence-electron chi connectivity index (χ2n) is 3.37. The van der Waals surface area contributed by atoms with Crippen LogP contribution < -0.4 is 0 Å². The van der Waals surface area contributed by atoms with E-state index >= 15 is 0 Å². The maximum Gasteiger partial charge on any atom is 0.283 e. The number of nitro benzene ring substituents is 1. The van der Waals surface area contributed by atoms with E-state index < -0.39 is 0 Å². The van der Waals surface area contributed by atoms with Gasteiger partial charge in [0.05, 0.1) is 9.40 Å². The fourth-order valence-corrected chi connectivity index (χ4v) is 1.61. The van der Waals surface area contributed by atoms with Crippen LogP contribution in [-0.4, -0.2) is 23.4 Å². The highest BCUT2D eigenvalue weighted by atomic mass is 79.9. The summed E-state index contributed by atoms with van der Waals surface area (Å²) in [6.45, 7) is 3.70. The Balaban J connectivity index is 2.92. The minimum absolute atomic E-state index is 0.122. The highest BCUT2D eigenvalue weighted by molar-refractivity contribution is 9.10. The lowest BCUT2D eigenvalue weighted by Crippen LogP contribution is -2.16. The Bertz CT molecular complexity index is 368. The summed E-state index contributed by atoms with van der Waals surface area (Å²) in [6, 6.07) is 5.22. The van der Waals surface area contributed by atoms with E-state index in [4.69, 9.17) is 0 Å². The zero-order chi connectivity index (χ0) is 11.4. The first-order chi connectivity index (χ1) is 7.04. The molecule has 0 aliphatic carbocycles. The molecule has 0 saturated carbocycles. The molecule has 0 amide bonds. The van der Waals surface area contributed by atoms with Crippen LogP contribution in [0.15, 0.2) is 22.7 Å². The summed E-state index contributed by atoms with van der Waals surface area (Å²) in [5.41, 5.74) is 1.08. The van der Waals surface area contributed by atoms with Crippen molar-refractivity contribution >= 4 is 21.6 Å². The highest BCUT2D eigenvalue weighted by Gasteiger charge is 2.12. The zero-order valence-electron chi connectivity index (χ0n) is 8.74. The largest absolute Gasteiger partial charge is 0.302 e. The van der Waals surface area contributed by atoms with E-state index in [0.29, 0.717) is 4.47 Å². The van der Waals surface area contributed by atoms with Crippen molar-refractivity contribution in [2.24, 2.45) is 0 Å². The van der Waals surface area contributed by atoms with Gasteiger partial charge in [-0.2, -0.15) is 0 Å². The first-order valence-electron chi connectivity index (χ1n) is 4.66. The summed E-state index contributed by atoms with van der Waals surface area (Å²) in [6.07, 6.45) is 0. The van der Waals surface area contributed by atoms with Crippen LogP contribution in [0.5, 0.6) is 0 Å². The second kappa shape index (κ2) is 5.23. The molecule has 0 bridgehead atoms. The van der Waals surface area contributed by atoms with Crippen LogP contribution in [0.3, 0.4) is 0 Å². The summed E-state index contributed by atoms with van der Waals surface area (Å²) < 4.78 is 0.524. The van der Waals surface area contributed by atoms with E-state index in [0.717, 1.165) is 18.7 Å². The van der Waals surface area contributed by atoms with Crippen molar-refractivity contribution < 1.29 is 4.92 Å². The van der Waals surface area contributed by atoms with Gasteiger partial charge in [0.2, 0.25) is 0 Å². The Morgan fingerprint density at radius 3 is 2.73 bits per heavy atom. The van der Waals surface area contributed by atoms with E-state index in [2.05, 4.69) is 20.8 Å². The Kier molecular flexibility index (Phi) is 4.23. The third-order valence-corrected chi connectivity index (χ3v) is 2.87. The molecule has 15 heavy (non-hydrogen) atoms. The number of hydrogen-bond acceptors (Lipinski definition) is 3. The van der Waals surface area contributed by atoms with Gasteiger partial charge in [-0.1, -0.05) is 13.0 Å².